The van der Waals surface area contributed by atoms with E-state index < -0.39 is 17.5 Å². The van der Waals surface area contributed by atoms with Crippen LogP contribution in [0.2, 0.25) is 5.02 Å². The fraction of sp³-hybridized carbons (Fsp3) is 0.562. The van der Waals surface area contributed by atoms with Crippen LogP contribution in [0.15, 0.2) is 18.2 Å². The fourth-order valence-electron chi connectivity index (χ4n) is 2.60. The third-order valence-corrected chi connectivity index (χ3v) is 3.92. The van der Waals surface area contributed by atoms with Gasteiger partial charge in [0.05, 0.1) is 6.04 Å². The lowest BCUT2D eigenvalue weighted by atomic mass is 9.92. The molecule has 1 aromatic carbocycles. The zero-order valence-corrected chi connectivity index (χ0v) is 13.9. The highest BCUT2D eigenvalue weighted by molar-refractivity contribution is 6.31. The summed E-state index contributed by atoms with van der Waals surface area (Å²) >= 11 is 6.15. The van der Waals surface area contributed by atoms with Crippen molar-refractivity contribution in [3.8, 4) is 0 Å². The number of hydrogen-bond acceptors (Lipinski definition) is 3. The molecule has 6 heteroatoms. The van der Waals surface area contributed by atoms with Crippen LogP contribution >= 0.6 is 11.6 Å². The van der Waals surface area contributed by atoms with Gasteiger partial charge in [0.1, 0.15) is 11.4 Å². The Kier molecular flexibility index (Phi) is 4.97. The lowest BCUT2D eigenvalue weighted by Gasteiger charge is -2.39. The van der Waals surface area contributed by atoms with Crippen molar-refractivity contribution < 1.29 is 13.9 Å². The van der Waals surface area contributed by atoms with E-state index in [1.165, 1.54) is 12.1 Å². The van der Waals surface area contributed by atoms with Crippen LogP contribution in [0.3, 0.4) is 0 Å². The molecule has 2 N–H and O–H groups in total. The lowest BCUT2D eigenvalue weighted by Crippen LogP contribution is -2.47. The van der Waals surface area contributed by atoms with E-state index in [1.807, 2.05) is 20.8 Å². The molecule has 1 aromatic rings. The number of hydrogen-bond donors (Lipinski definition) is 1. The van der Waals surface area contributed by atoms with Gasteiger partial charge in [0.2, 0.25) is 0 Å². The minimum atomic E-state index is -0.576. The van der Waals surface area contributed by atoms with Gasteiger partial charge in [0, 0.05) is 17.6 Å². The highest BCUT2D eigenvalue weighted by Crippen LogP contribution is 2.35. The number of benzene rings is 1. The third-order valence-electron chi connectivity index (χ3n) is 3.59. The molecular weight excluding hydrogens is 307 g/mol. The molecule has 0 radical (unpaired) electrons. The molecule has 122 valence electrons. The Hall–Kier alpha value is -1.33. The SMILES string of the molecule is CC(C)(C)OC(=O)N1CCC(N)CC1c1ccc(F)cc1Cl. The van der Waals surface area contributed by atoms with Crippen LogP contribution in [0, 0.1) is 5.82 Å². The van der Waals surface area contributed by atoms with E-state index in [2.05, 4.69) is 0 Å². The number of carbonyl (C=O) groups excluding carboxylic acids is 1. The molecule has 1 fully saturated rings. The van der Waals surface area contributed by atoms with Crippen molar-refractivity contribution in [3.05, 3.63) is 34.6 Å². The molecule has 0 aliphatic carbocycles. The van der Waals surface area contributed by atoms with E-state index in [4.69, 9.17) is 22.1 Å². The second-order valence-corrected chi connectivity index (χ2v) is 7.05. The second kappa shape index (κ2) is 6.42. The number of ether oxygens (including phenoxy) is 1. The number of amides is 1. The van der Waals surface area contributed by atoms with Crippen molar-refractivity contribution in [1.82, 2.24) is 4.90 Å². The average molecular weight is 329 g/mol. The average Bonchev–Trinajstić information content (AvgIpc) is 2.36. The molecule has 2 atom stereocenters. The second-order valence-electron chi connectivity index (χ2n) is 6.64. The topological polar surface area (TPSA) is 55.6 Å². The summed E-state index contributed by atoms with van der Waals surface area (Å²) in [7, 11) is 0. The smallest absolute Gasteiger partial charge is 0.410 e. The molecule has 0 spiro atoms. The van der Waals surface area contributed by atoms with Crippen LogP contribution < -0.4 is 5.73 Å². The van der Waals surface area contributed by atoms with Gasteiger partial charge in [-0.25, -0.2) is 9.18 Å². The molecule has 4 nitrogen and oxygen atoms in total. The van der Waals surface area contributed by atoms with Gasteiger partial charge in [-0.05, 0) is 51.3 Å². The van der Waals surface area contributed by atoms with Crippen LogP contribution in [0.25, 0.3) is 0 Å². The summed E-state index contributed by atoms with van der Waals surface area (Å²) in [6.07, 6.45) is 0.879. The van der Waals surface area contributed by atoms with E-state index in [1.54, 1.807) is 11.0 Å². The van der Waals surface area contributed by atoms with Gasteiger partial charge in [0.15, 0.2) is 0 Å². The first kappa shape index (κ1) is 17.0. The van der Waals surface area contributed by atoms with Gasteiger partial charge in [-0.2, -0.15) is 0 Å². The molecule has 1 aliphatic rings. The van der Waals surface area contributed by atoms with Gasteiger partial charge in [-0.15, -0.1) is 0 Å². The number of piperidine rings is 1. The van der Waals surface area contributed by atoms with Crippen LogP contribution in [0.5, 0.6) is 0 Å². The fourth-order valence-corrected chi connectivity index (χ4v) is 2.89. The lowest BCUT2D eigenvalue weighted by molar-refractivity contribution is 0.00799. The van der Waals surface area contributed by atoms with Crippen LogP contribution in [-0.2, 0) is 4.74 Å². The Morgan fingerprint density at radius 1 is 1.45 bits per heavy atom. The van der Waals surface area contributed by atoms with Crippen molar-refractivity contribution in [2.45, 2.75) is 51.3 Å². The number of nitrogens with two attached hydrogens (primary N) is 1. The maximum atomic E-state index is 13.3. The van der Waals surface area contributed by atoms with Crippen molar-refractivity contribution >= 4 is 17.7 Å². The maximum absolute atomic E-state index is 13.3. The van der Waals surface area contributed by atoms with Gasteiger partial charge in [-0.3, -0.25) is 0 Å². The van der Waals surface area contributed by atoms with E-state index in [9.17, 15) is 9.18 Å². The Labute approximate surface area is 135 Å². The predicted molar refractivity (Wildman–Crippen MR) is 84.3 cm³/mol. The van der Waals surface area contributed by atoms with Crippen molar-refractivity contribution in [2.75, 3.05) is 6.54 Å². The highest BCUT2D eigenvalue weighted by atomic mass is 35.5. The number of rotatable bonds is 1. The van der Waals surface area contributed by atoms with Crippen molar-refractivity contribution in [1.29, 1.82) is 0 Å². The molecule has 2 unspecified atom stereocenters. The standard InChI is InChI=1S/C16H22ClFN2O2/c1-16(2,3)22-15(21)20-7-6-11(19)9-14(20)12-5-4-10(18)8-13(12)17/h4-5,8,11,14H,6-7,9,19H2,1-3H3. The number of carbonyl (C=O) groups is 1. The molecule has 1 saturated heterocycles. The maximum Gasteiger partial charge on any atom is 0.410 e. The molecule has 1 amide bonds. The molecule has 1 heterocycles. The predicted octanol–water partition coefficient (Wildman–Crippen LogP) is 3.88. The largest absolute Gasteiger partial charge is 0.444 e. The van der Waals surface area contributed by atoms with Crippen LogP contribution in [-0.4, -0.2) is 29.2 Å². The van der Waals surface area contributed by atoms with Crippen molar-refractivity contribution in [3.63, 3.8) is 0 Å². The summed E-state index contributed by atoms with van der Waals surface area (Å²) in [5, 5.41) is 0.299. The van der Waals surface area contributed by atoms with E-state index in [0.29, 0.717) is 30.0 Å². The Morgan fingerprint density at radius 2 is 2.14 bits per heavy atom. The Morgan fingerprint density at radius 3 is 2.73 bits per heavy atom. The number of halogens is 2. The van der Waals surface area contributed by atoms with Gasteiger partial charge >= 0.3 is 6.09 Å². The number of likely N-dealkylation sites (tertiary alicyclic amines) is 1. The monoisotopic (exact) mass is 328 g/mol. The summed E-state index contributed by atoms with van der Waals surface area (Å²) in [4.78, 5) is 14.1. The summed E-state index contributed by atoms with van der Waals surface area (Å²) in [5.41, 5.74) is 6.16. The highest BCUT2D eigenvalue weighted by Gasteiger charge is 2.35. The molecular formula is C16H22ClFN2O2. The molecule has 22 heavy (non-hydrogen) atoms. The van der Waals surface area contributed by atoms with Gasteiger partial charge in [-0.1, -0.05) is 17.7 Å². The quantitative estimate of drug-likeness (QED) is 0.851. The normalized spacial score (nSPS) is 22.5. The molecule has 0 saturated carbocycles. The first-order valence-corrected chi connectivity index (χ1v) is 7.75. The molecule has 0 aromatic heterocycles. The van der Waals surface area contributed by atoms with Gasteiger partial charge < -0.3 is 15.4 Å². The van der Waals surface area contributed by atoms with Gasteiger partial charge in [0.25, 0.3) is 0 Å². The number of nitrogens with zero attached hydrogens (tertiary/aromatic N) is 1. The first-order valence-electron chi connectivity index (χ1n) is 7.37. The van der Waals surface area contributed by atoms with E-state index >= 15 is 0 Å². The Balaban J connectivity index is 2.29. The minimum absolute atomic E-state index is 0.0233. The molecule has 1 aliphatic heterocycles. The molecule has 0 bridgehead atoms. The summed E-state index contributed by atoms with van der Waals surface area (Å²) in [6.45, 7) is 5.95. The Bertz CT molecular complexity index is 560. The van der Waals surface area contributed by atoms with E-state index in [-0.39, 0.29) is 12.1 Å². The van der Waals surface area contributed by atoms with Crippen LogP contribution in [0.4, 0.5) is 9.18 Å². The summed E-state index contributed by atoms with van der Waals surface area (Å²) < 4.78 is 18.7. The van der Waals surface area contributed by atoms with Crippen molar-refractivity contribution in [2.24, 2.45) is 5.73 Å². The minimum Gasteiger partial charge on any atom is -0.444 e. The summed E-state index contributed by atoms with van der Waals surface area (Å²) in [6, 6.07) is 3.88. The van der Waals surface area contributed by atoms with Crippen LogP contribution in [0.1, 0.15) is 45.2 Å². The zero-order chi connectivity index (χ0) is 16.5. The first-order chi connectivity index (χ1) is 10.2. The summed E-state index contributed by atoms with van der Waals surface area (Å²) in [5.74, 6) is -0.405. The molecule has 2 rings (SSSR count). The van der Waals surface area contributed by atoms with E-state index in [0.717, 1.165) is 0 Å². The zero-order valence-electron chi connectivity index (χ0n) is 13.1. The third kappa shape index (κ3) is 4.11.